The van der Waals surface area contributed by atoms with E-state index >= 15 is 0 Å². The molecule has 0 aromatic carbocycles. The molecule has 0 spiro atoms. The fourth-order valence-corrected chi connectivity index (χ4v) is 1.84. The molecule has 90 valence electrons. The van der Waals surface area contributed by atoms with E-state index in [1.165, 1.54) is 0 Å². The van der Waals surface area contributed by atoms with Crippen LogP contribution in [-0.4, -0.2) is 14.1 Å². The van der Waals surface area contributed by atoms with Crippen molar-refractivity contribution in [2.24, 2.45) is 0 Å². The molecule has 4 nitrogen and oxygen atoms in total. The van der Waals surface area contributed by atoms with Gasteiger partial charge in [0.25, 0.3) is 0 Å². The van der Waals surface area contributed by atoms with Gasteiger partial charge in [0.15, 0.2) is 0 Å². The highest BCUT2D eigenvalue weighted by Gasteiger charge is 2.08. The van der Waals surface area contributed by atoms with E-state index < -0.39 is 0 Å². The Morgan fingerprint density at radius 3 is 2.76 bits per heavy atom. The fraction of sp³-hybridized carbons (Fsp3) is 0.333. The van der Waals surface area contributed by atoms with Crippen LogP contribution in [0.5, 0.6) is 0 Å². The van der Waals surface area contributed by atoms with Crippen LogP contribution in [0.1, 0.15) is 25.5 Å². The molecule has 2 heterocycles. The van der Waals surface area contributed by atoms with Gasteiger partial charge < -0.3 is 0 Å². The Morgan fingerprint density at radius 2 is 2.18 bits per heavy atom. The molecule has 0 atom stereocenters. The van der Waals surface area contributed by atoms with Gasteiger partial charge in [-0.15, -0.1) is 0 Å². The van der Waals surface area contributed by atoms with E-state index in [0.29, 0.717) is 11.7 Å². The topological polar surface area (TPSA) is 39.8 Å². The molecular weight excluding hydrogens is 238 g/mol. The van der Waals surface area contributed by atoms with Crippen molar-refractivity contribution in [3.05, 3.63) is 51.9 Å². The number of imidazole rings is 1. The van der Waals surface area contributed by atoms with Gasteiger partial charge in [0.1, 0.15) is 5.15 Å². The Labute approximate surface area is 104 Å². The minimum atomic E-state index is -0.0279. The molecule has 0 fully saturated rings. The smallest absolute Gasteiger partial charge is 0.297 e. The van der Waals surface area contributed by atoms with Gasteiger partial charge in [0, 0.05) is 30.2 Å². The highest BCUT2D eigenvalue weighted by molar-refractivity contribution is 6.30. The predicted octanol–water partition coefficient (Wildman–Crippen LogP) is 2.33. The largest absolute Gasteiger partial charge is 0.328 e. The van der Waals surface area contributed by atoms with E-state index in [9.17, 15) is 4.79 Å². The highest BCUT2D eigenvalue weighted by Crippen LogP contribution is 2.12. The molecule has 0 aliphatic heterocycles. The van der Waals surface area contributed by atoms with Crippen molar-refractivity contribution in [1.82, 2.24) is 14.1 Å². The minimum absolute atomic E-state index is 0.0279. The van der Waals surface area contributed by atoms with Crippen LogP contribution in [-0.2, 0) is 6.54 Å². The molecule has 0 aliphatic carbocycles. The van der Waals surface area contributed by atoms with Crippen molar-refractivity contribution in [3.63, 3.8) is 0 Å². The maximum atomic E-state index is 12.0. The van der Waals surface area contributed by atoms with Crippen LogP contribution in [0.2, 0.25) is 5.15 Å². The molecule has 0 N–H and O–H groups in total. The van der Waals surface area contributed by atoms with Crippen molar-refractivity contribution in [2.75, 3.05) is 0 Å². The zero-order valence-electron chi connectivity index (χ0n) is 9.80. The normalized spacial score (nSPS) is 11.1. The lowest BCUT2D eigenvalue weighted by atomic mass is 10.3. The first-order valence-electron chi connectivity index (χ1n) is 5.46. The molecule has 2 rings (SSSR count). The first-order chi connectivity index (χ1) is 8.09. The summed E-state index contributed by atoms with van der Waals surface area (Å²) in [6.07, 6.45) is 5.19. The van der Waals surface area contributed by atoms with Gasteiger partial charge in [0.05, 0.1) is 6.54 Å². The molecule has 0 unspecified atom stereocenters. The van der Waals surface area contributed by atoms with E-state index in [0.717, 1.165) is 5.56 Å². The second kappa shape index (κ2) is 4.75. The summed E-state index contributed by atoms with van der Waals surface area (Å²) in [5.74, 6) is 0. The maximum absolute atomic E-state index is 12.0. The first kappa shape index (κ1) is 11.9. The highest BCUT2D eigenvalue weighted by atomic mass is 35.5. The molecule has 5 heteroatoms. The Kier molecular flexibility index (Phi) is 3.33. The fourth-order valence-electron chi connectivity index (χ4n) is 1.66. The van der Waals surface area contributed by atoms with Crippen LogP contribution in [0.4, 0.5) is 0 Å². The monoisotopic (exact) mass is 251 g/mol. The van der Waals surface area contributed by atoms with Crippen molar-refractivity contribution in [2.45, 2.75) is 26.4 Å². The summed E-state index contributed by atoms with van der Waals surface area (Å²) in [6.45, 7) is 4.40. The average molecular weight is 252 g/mol. The maximum Gasteiger partial charge on any atom is 0.328 e. The standard InChI is InChI=1S/C12H14ClN3O/c1-9(2)16-7-6-15(12(16)17)8-10-4-3-5-14-11(10)13/h3-7,9H,8H2,1-2H3. The third kappa shape index (κ3) is 2.42. The summed E-state index contributed by atoms with van der Waals surface area (Å²) < 4.78 is 3.31. The molecule has 2 aromatic heterocycles. The summed E-state index contributed by atoms with van der Waals surface area (Å²) in [6, 6.07) is 3.84. The van der Waals surface area contributed by atoms with Crippen molar-refractivity contribution >= 4 is 11.6 Å². The summed E-state index contributed by atoms with van der Waals surface area (Å²) >= 11 is 5.96. The summed E-state index contributed by atoms with van der Waals surface area (Å²) in [5.41, 5.74) is 0.817. The van der Waals surface area contributed by atoms with Crippen LogP contribution in [0, 0.1) is 0 Å². The predicted molar refractivity (Wildman–Crippen MR) is 67.4 cm³/mol. The molecule has 0 bridgehead atoms. The van der Waals surface area contributed by atoms with E-state index in [2.05, 4.69) is 4.98 Å². The van der Waals surface area contributed by atoms with Crippen LogP contribution in [0.25, 0.3) is 0 Å². The number of pyridine rings is 1. The molecule has 2 aromatic rings. The van der Waals surface area contributed by atoms with Gasteiger partial charge in [-0.3, -0.25) is 9.13 Å². The average Bonchev–Trinajstić information content (AvgIpc) is 2.64. The number of nitrogens with zero attached hydrogens (tertiary/aromatic N) is 3. The van der Waals surface area contributed by atoms with Crippen LogP contribution in [0.3, 0.4) is 0 Å². The van der Waals surface area contributed by atoms with E-state index in [4.69, 9.17) is 11.6 Å². The van der Waals surface area contributed by atoms with E-state index in [-0.39, 0.29) is 11.7 Å². The molecule has 0 saturated heterocycles. The SMILES string of the molecule is CC(C)n1ccn(Cc2cccnc2Cl)c1=O. The molecule has 17 heavy (non-hydrogen) atoms. The van der Waals surface area contributed by atoms with Crippen LogP contribution in [0.15, 0.2) is 35.5 Å². The number of hydrogen-bond donors (Lipinski definition) is 0. The first-order valence-corrected chi connectivity index (χ1v) is 5.84. The summed E-state index contributed by atoms with van der Waals surface area (Å²) in [4.78, 5) is 16.0. The van der Waals surface area contributed by atoms with Gasteiger partial charge >= 0.3 is 5.69 Å². The molecular formula is C12H14ClN3O. The molecule has 0 saturated carbocycles. The van der Waals surface area contributed by atoms with Crippen LogP contribution < -0.4 is 5.69 Å². The zero-order valence-corrected chi connectivity index (χ0v) is 10.6. The number of rotatable bonds is 3. The second-order valence-corrected chi connectivity index (χ2v) is 4.52. The zero-order chi connectivity index (χ0) is 12.4. The van der Waals surface area contributed by atoms with Gasteiger partial charge in [-0.1, -0.05) is 17.7 Å². The van der Waals surface area contributed by atoms with Gasteiger partial charge in [-0.05, 0) is 19.9 Å². The lowest BCUT2D eigenvalue weighted by Crippen LogP contribution is -2.25. The third-order valence-electron chi connectivity index (χ3n) is 2.61. The molecule has 0 amide bonds. The Hall–Kier alpha value is -1.55. The lowest BCUT2D eigenvalue weighted by molar-refractivity contribution is 0.561. The third-order valence-corrected chi connectivity index (χ3v) is 2.95. The summed E-state index contributed by atoms with van der Waals surface area (Å²) in [7, 11) is 0. The number of halogens is 1. The van der Waals surface area contributed by atoms with Gasteiger partial charge in [-0.25, -0.2) is 9.78 Å². The second-order valence-electron chi connectivity index (χ2n) is 4.16. The van der Waals surface area contributed by atoms with Crippen molar-refractivity contribution in [1.29, 1.82) is 0 Å². The van der Waals surface area contributed by atoms with Gasteiger partial charge in [0.2, 0.25) is 0 Å². The van der Waals surface area contributed by atoms with Crippen LogP contribution >= 0.6 is 11.6 Å². The van der Waals surface area contributed by atoms with Crippen molar-refractivity contribution in [3.8, 4) is 0 Å². The Morgan fingerprint density at radius 1 is 1.41 bits per heavy atom. The number of hydrogen-bond acceptors (Lipinski definition) is 2. The van der Waals surface area contributed by atoms with Crippen molar-refractivity contribution < 1.29 is 0 Å². The lowest BCUT2D eigenvalue weighted by Gasteiger charge is -2.05. The Bertz CT molecular complexity index is 571. The minimum Gasteiger partial charge on any atom is -0.297 e. The van der Waals surface area contributed by atoms with Gasteiger partial charge in [-0.2, -0.15) is 0 Å². The summed E-state index contributed by atoms with van der Waals surface area (Å²) in [5, 5.41) is 0.441. The van der Waals surface area contributed by atoms with E-state index in [1.54, 1.807) is 27.7 Å². The molecule has 0 radical (unpaired) electrons. The Balaban J connectivity index is 2.32. The van der Waals surface area contributed by atoms with E-state index in [1.807, 2.05) is 26.0 Å². The number of aromatic nitrogens is 3. The molecule has 0 aliphatic rings. The quantitative estimate of drug-likeness (QED) is 0.786.